The van der Waals surface area contributed by atoms with Crippen molar-refractivity contribution in [2.75, 3.05) is 20.1 Å². The summed E-state index contributed by atoms with van der Waals surface area (Å²) >= 11 is 1.78. The van der Waals surface area contributed by atoms with Gasteiger partial charge in [0.25, 0.3) is 0 Å². The predicted octanol–water partition coefficient (Wildman–Crippen LogP) is 1.93. The number of likely N-dealkylation sites (tertiary alicyclic amines) is 1. The van der Waals surface area contributed by atoms with Gasteiger partial charge in [-0.2, -0.15) is 11.3 Å². The van der Waals surface area contributed by atoms with Crippen LogP contribution in [0.3, 0.4) is 0 Å². The number of likely N-dealkylation sites (N-methyl/N-ethyl adjacent to an activating group) is 1. The molecule has 0 radical (unpaired) electrons. The molecule has 1 saturated heterocycles. The number of hydrogen-bond donors (Lipinski definition) is 1. The lowest BCUT2D eigenvalue weighted by Crippen LogP contribution is -2.43. The van der Waals surface area contributed by atoms with E-state index >= 15 is 0 Å². The van der Waals surface area contributed by atoms with E-state index in [9.17, 15) is 0 Å². The SMILES string of the molecule is CN1CCCC(NCc2ccsc2)C1. The second kappa shape index (κ2) is 4.91. The summed E-state index contributed by atoms with van der Waals surface area (Å²) in [7, 11) is 2.21. The Balaban J connectivity index is 1.75. The molecule has 1 aliphatic heterocycles. The summed E-state index contributed by atoms with van der Waals surface area (Å²) in [6.07, 6.45) is 2.66. The summed E-state index contributed by atoms with van der Waals surface area (Å²) in [6.45, 7) is 3.49. The highest BCUT2D eigenvalue weighted by Crippen LogP contribution is 2.10. The highest BCUT2D eigenvalue weighted by atomic mass is 32.1. The molecule has 1 aliphatic rings. The summed E-state index contributed by atoms with van der Waals surface area (Å²) < 4.78 is 0. The smallest absolute Gasteiger partial charge is 0.0216 e. The van der Waals surface area contributed by atoms with Crippen LogP contribution in [0, 0.1) is 0 Å². The normalized spacial score (nSPS) is 23.9. The highest BCUT2D eigenvalue weighted by Gasteiger charge is 2.15. The van der Waals surface area contributed by atoms with Crippen molar-refractivity contribution < 1.29 is 0 Å². The Morgan fingerprint density at radius 1 is 1.64 bits per heavy atom. The number of hydrogen-bond acceptors (Lipinski definition) is 3. The molecule has 1 N–H and O–H groups in total. The molecule has 2 heterocycles. The maximum atomic E-state index is 3.62. The van der Waals surface area contributed by atoms with Crippen molar-refractivity contribution in [3.63, 3.8) is 0 Å². The van der Waals surface area contributed by atoms with E-state index in [0.717, 1.165) is 6.54 Å². The predicted molar refractivity (Wildman–Crippen MR) is 61.7 cm³/mol. The third-order valence-corrected chi connectivity index (χ3v) is 3.53. The van der Waals surface area contributed by atoms with E-state index in [2.05, 4.69) is 34.1 Å². The fourth-order valence-electron chi connectivity index (χ4n) is 1.99. The van der Waals surface area contributed by atoms with Crippen LogP contribution in [0.15, 0.2) is 16.8 Å². The third-order valence-electron chi connectivity index (χ3n) is 2.80. The van der Waals surface area contributed by atoms with Gasteiger partial charge in [-0.3, -0.25) is 0 Å². The van der Waals surface area contributed by atoms with Crippen molar-refractivity contribution in [3.8, 4) is 0 Å². The van der Waals surface area contributed by atoms with Crippen LogP contribution in [-0.4, -0.2) is 31.1 Å². The van der Waals surface area contributed by atoms with Gasteiger partial charge in [-0.1, -0.05) is 0 Å². The van der Waals surface area contributed by atoms with E-state index in [0.29, 0.717) is 6.04 Å². The first-order valence-corrected chi connectivity index (χ1v) is 6.22. The number of rotatable bonds is 3. The maximum absolute atomic E-state index is 3.62. The van der Waals surface area contributed by atoms with Gasteiger partial charge in [-0.15, -0.1) is 0 Å². The van der Waals surface area contributed by atoms with Gasteiger partial charge < -0.3 is 10.2 Å². The van der Waals surface area contributed by atoms with Crippen molar-refractivity contribution in [1.82, 2.24) is 10.2 Å². The summed E-state index contributed by atoms with van der Waals surface area (Å²) in [4.78, 5) is 2.41. The number of piperidine rings is 1. The first-order chi connectivity index (χ1) is 6.84. The van der Waals surface area contributed by atoms with Gasteiger partial charge in [0.05, 0.1) is 0 Å². The Morgan fingerprint density at radius 2 is 2.57 bits per heavy atom. The van der Waals surface area contributed by atoms with Crippen LogP contribution in [0.25, 0.3) is 0 Å². The van der Waals surface area contributed by atoms with E-state index < -0.39 is 0 Å². The Kier molecular flexibility index (Phi) is 3.56. The minimum atomic E-state index is 0.689. The molecule has 1 unspecified atom stereocenters. The molecule has 2 nitrogen and oxygen atoms in total. The monoisotopic (exact) mass is 210 g/mol. The summed E-state index contributed by atoms with van der Waals surface area (Å²) in [5, 5.41) is 7.98. The van der Waals surface area contributed by atoms with Crippen LogP contribution < -0.4 is 5.32 Å². The van der Waals surface area contributed by atoms with E-state index in [-0.39, 0.29) is 0 Å². The Labute approximate surface area is 89.9 Å². The number of nitrogens with one attached hydrogen (secondary N) is 1. The molecule has 0 bridgehead atoms. The molecule has 14 heavy (non-hydrogen) atoms. The molecule has 0 saturated carbocycles. The lowest BCUT2D eigenvalue weighted by molar-refractivity contribution is 0.226. The van der Waals surface area contributed by atoms with Crippen molar-refractivity contribution in [1.29, 1.82) is 0 Å². The molecule has 0 aliphatic carbocycles. The van der Waals surface area contributed by atoms with Gasteiger partial charge in [0.15, 0.2) is 0 Å². The highest BCUT2D eigenvalue weighted by molar-refractivity contribution is 7.07. The minimum Gasteiger partial charge on any atom is -0.309 e. The van der Waals surface area contributed by atoms with Crippen LogP contribution in [0.4, 0.5) is 0 Å². The Morgan fingerprint density at radius 3 is 3.29 bits per heavy atom. The van der Waals surface area contributed by atoms with Gasteiger partial charge >= 0.3 is 0 Å². The zero-order chi connectivity index (χ0) is 9.80. The Hall–Kier alpha value is -0.380. The van der Waals surface area contributed by atoms with E-state index in [1.807, 2.05) is 0 Å². The average molecular weight is 210 g/mol. The molecular weight excluding hydrogens is 192 g/mol. The molecule has 78 valence electrons. The molecule has 1 fully saturated rings. The third kappa shape index (κ3) is 2.80. The van der Waals surface area contributed by atoms with Crippen LogP contribution in [0.5, 0.6) is 0 Å². The van der Waals surface area contributed by atoms with E-state index in [1.165, 1.54) is 31.5 Å². The number of thiophene rings is 1. The zero-order valence-corrected chi connectivity index (χ0v) is 9.52. The van der Waals surface area contributed by atoms with Gasteiger partial charge in [0, 0.05) is 19.1 Å². The first kappa shape index (κ1) is 10.1. The summed E-state index contributed by atoms with van der Waals surface area (Å²) in [6, 6.07) is 2.89. The lowest BCUT2D eigenvalue weighted by Gasteiger charge is -2.30. The molecule has 1 aromatic heterocycles. The molecule has 0 aromatic carbocycles. The van der Waals surface area contributed by atoms with Crippen molar-refractivity contribution >= 4 is 11.3 Å². The van der Waals surface area contributed by atoms with Crippen molar-refractivity contribution in [2.24, 2.45) is 0 Å². The molecule has 2 rings (SSSR count). The zero-order valence-electron chi connectivity index (χ0n) is 8.70. The van der Waals surface area contributed by atoms with E-state index in [4.69, 9.17) is 0 Å². The topological polar surface area (TPSA) is 15.3 Å². The van der Waals surface area contributed by atoms with Crippen LogP contribution >= 0.6 is 11.3 Å². The fraction of sp³-hybridized carbons (Fsp3) is 0.636. The van der Waals surface area contributed by atoms with Crippen LogP contribution in [-0.2, 0) is 6.54 Å². The largest absolute Gasteiger partial charge is 0.309 e. The average Bonchev–Trinajstić information content (AvgIpc) is 2.67. The second-order valence-corrected chi connectivity index (χ2v) is 4.89. The molecular formula is C11H18N2S. The van der Waals surface area contributed by atoms with Crippen LogP contribution in [0.2, 0.25) is 0 Å². The minimum absolute atomic E-state index is 0.689. The summed E-state index contributed by atoms with van der Waals surface area (Å²) in [5.74, 6) is 0. The standard InChI is InChI=1S/C11H18N2S/c1-13-5-2-3-11(8-13)12-7-10-4-6-14-9-10/h4,6,9,11-12H,2-3,5,7-8H2,1H3. The summed E-state index contributed by atoms with van der Waals surface area (Å²) in [5.41, 5.74) is 1.42. The molecule has 1 atom stereocenters. The second-order valence-electron chi connectivity index (χ2n) is 4.11. The molecule has 3 heteroatoms. The maximum Gasteiger partial charge on any atom is 0.0216 e. The lowest BCUT2D eigenvalue weighted by atomic mass is 10.1. The quantitative estimate of drug-likeness (QED) is 0.820. The van der Waals surface area contributed by atoms with Crippen molar-refractivity contribution in [3.05, 3.63) is 22.4 Å². The van der Waals surface area contributed by atoms with Gasteiger partial charge in [-0.25, -0.2) is 0 Å². The van der Waals surface area contributed by atoms with Gasteiger partial charge in [-0.05, 0) is 48.8 Å². The van der Waals surface area contributed by atoms with E-state index in [1.54, 1.807) is 11.3 Å². The van der Waals surface area contributed by atoms with Gasteiger partial charge in [0.1, 0.15) is 0 Å². The van der Waals surface area contributed by atoms with Crippen molar-refractivity contribution in [2.45, 2.75) is 25.4 Å². The number of nitrogens with zero attached hydrogens (tertiary/aromatic N) is 1. The van der Waals surface area contributed by atoms with Crippen LogP contribution in [0.1, 0.15) is 18.4 Å². The molecule has 0 spiro atoms. The first-order valence-electron chi connectivity index (χ1n) is 5.27. The molecule has 0 amide bonds. The fourth-order valence-corrected chi connectivity index (χ4v) is 2.66. The van der Waals surface area contributed by atoms with Gasteiger partial charge in [0.2, 0.25) is 0 Å². The Bertz CT molecular complexity index is 258. The molecule has 1 aromatic rings.